The van der Waals surface area contributed by atoms with Crippen LogP contribution in [0.3, 0.4) is 0 Å². The zero-order valence-corrected chi connectivity index (χ0v) is 13.7. The van der Waals surface area contributed by atoms with Crippen LogP contribution in [0.1, 0.15) is 38.8 Å². The Hall–Kier alpha value is -2.02. The molecule has 1 rings (SSSR count). The molecular formula is C17H25N3O. The van der Waals surface area contributed by atoms with E-state index in [-0.39, 0.29) is 11.8 Å². The van der Waals surface area contributed by atoms with Crippen LogP contribution in [0.4, 0.5) is 5.69 Å². The summed E-state index contributed by atoms with van der Waals surface area (Å²) in [6.45, 7) is 11.4. The van der Waals surface area contributed by atoms with Crippen molar-refractivity contribution in [3.63, 3.8) is 0 Å². The first-order valence-electron chi connectivity index (χ1n) is 7.26. The first-order valence-corrected chi connectivity index (χ1v) is 7.26. The summed E-state index contributed by atoms with van der Waals surface area (Å²) >= 11 is 0. The molecule has 0 aliphatic rings. The van der Waals surface area contributed by atoms with Crippen molar-refractivity contribution in [2.75, 3.05) is 5.32 Å². The molecule has 21 heavy (non-hydrogen) atoms. The van der Waals surface area contributed by atoms with Crippen LogP contribution in [0, 0.1) is 31.1 Å². The van der Waals surface area contributed by atoms with Crippen molar-refractivity contribution < 1.29 is 4.79 Å². The minimum atomic E-state index is -0.852. The average molecular weight is 287 g/mol. The van der Waals surface area contributed by atoms with Gasteiger partial charge in [-0.15, -0.1) is 0 Å². The number of amides is 1. The molecule has 0 aliphatic carbocycles. The quantitative estimate of drug-likeness (QED) is 0.874. The molecule has 0 aliphatic heterocycles. The highest BCUT2D eigenvalue weighted by atomic mass is 16.2. The third kappa shape index (κ3) is 4.22. The summed E-state index contributed by atoms with van der Waals surface area (Å²) in [7, 11) is 0. The lowest BCUT2D eigenvalue weighted by Crippen LogP contribution is -2.53. The smallest absolute Gasteiger partial charge is 0.243 e. The molecule has 0 heterocycles. The molecule has 0 saturated carbocycles. The highest BCUT2D eigenvalue weighted by Crippen LogP contribution is 2.18. The molecule has 0 saturated heterocycles. The maximum absolute atomic E-state index is 12.3. The van der Waals surface area contributed by atoms with Crippen LogP contribution in [-0.4, -0.2) is 17.5 Å². The molecular weight excluding hydrogens is 262 g/mol. The van der Waals surface area contributed by atoms with Crippen molar-refractivity contribution in [2.45, 2.75) is 53.1 Å². The third-order valence-electron chi connectivity index (χ3n) is 3.92. The van der Waals surface area contributed by atoms with E-state index in [0.29, 0.717) is 0 Å². The van der Waals surface area contributed by atoms with Gasteiger partial charge >= 0.3 is 0 Å². The predicted molar refractivity (Wildman–Crippen MR) is 86.0 cm³/mol. The van der Waals surface area contributed by atoms with E-state index >= 15 is 0 Å². The third-order valence-corrected chi connectivity index (χ3v) is 3.92. The van der Waals surface area contributed by atoms with Gasteiger partial charge in [0.15, 0.2) is 0 Å². The van der Waals surface area contributed by atoms with Gasteiger partial charge in [0.1, 0.15) is 11.6 Å². The maximum Gasteiger partial charge on any atom is 0.243 e. The Labute approximate surface area is 127 Å². The van der Waals surface area contributed by atoms with E-state index in [9.17, 15) is 10.1 Å². The fourth-order valence-electron chi connectivity index (χ4n) is 1.94. The van der Waals surface area contributed by atoms with Crippen molar-refractivity contribution in [1.29, 1.82) is 5.26 Å². The zero-order chi connectivity index (χ0) is 16.2. The molecule has 0 unspecified atom stereocenters. The molecule has 1 aromatic rings. The Kier molecular flexibility index (Phi) is 5.37. The van der Waals surface area contributed by atoms with Crippen LogP contribution in [0.5, 0.6) is 0 Å². The van der Waals surface area contributed by atoms with E-state index in [0.717, 1.165) is 11.3 Å². The second kappa shape index (κ2) is 6.62. The van der Waals surface area contributed by atoms with Gasteiger partial charge in [-0.05, 0) is 45.2 Å². The minimum absolute atomic E-state index is 0.0414. The molecule has 4 heteroatoms. The molecule has 4 nitrogen and oxygen atoms in total. The molecule has 0 fully saturated rings. The Balaban J connectivity index is 2.78. The largest absolute Gasteiger partial charge is 0.374 e. The molecule has 0 aromatic heterocycles. The molecule has 114 valence electrons. The Bertz CT molecular complexity index is 560. The van der Waals surface area contributed by atoms with Crippen LogP contribution >= 0.6 is 0 Å². The normalized spacial score (nSPS) is 15.0. The molecule has 0 bridgehead atoms. The fourth-order valence-corrected chi connectivity index (χ4v) is 1.94. The van der Waals surface area contributed by atoms with Gasteiger partial charge in [-0.1, -0.05) is 31.5 Å². The summed E-state index contributed by atoms with van der Waals surface area (Å²) in [6.07, 6.45) is 0. The van der Waals surface area contributed by atoms with Crippen LogP contribution < -0.4 is 10.6 Å². The second-order valence-corrected chi connectivity index (χ2v) is 6.14. The van der Waals surface area contributed by atoms with Crippen molar-refractivity contribution in [3.8, 4) is 6.07 Å². The Morgan fingerprint density at radius 3 is 2.38 bits per heavy atom. The maximum atomic E-state index is 12.3. The highest BCUT2D eigenvalue weighted by molar-refractivity contribution is 5.85. The number of anilines is 1. The van der Waals surface area contributed by atoms with Gasteiger partial charge in [0.2, 0.25) is 5.91 Å². The van der Waals surface area contributed by atoms with Gasteiger partial charge in [0.05, 0.1) is 6.07 Å². The monoisotopic (exact) mass is 287 g/mol. The lowest BCUT2D eigenvalue weighted by molar-refractivity contribution is -0.123. The van der Waals surface area contributed by atoms with E-state index in [1.54, 1.807) is 13.8 Å². The van der Waals surface area contributed by atoms with Gasteiger partial charge < -0.3 is 10.6 Å². The molecule has 0 radical (unpaired) electrons. The standard InChI is InChI=1S/C17H25N3O/c1-11(2)17(6,10-18)20-16(21)14(5)19-15-8-7-12(3)9-13(15)4/h7-9,11,14,19H,1-6H3,(H,20,21)/t14-,17+/m1/s1. The van der Waals surface area contributed by atoms with E-state index in [4.69, 9.17) is 0 Å². The molecule has 2 N–H and O–H groups in total. The Morgan fingerprint density at radius 1 is 1.29 bits per heavy atom. The second-order valence-electron chi connectivity index (χ2n) is 6.14. The number of carbonyl (C=O) groups is 1. The number of hydrogen-bond donors (Lipinski definition) is 2. The van der Waals surface area contributed by atoms with E-state index in [1.807, 2.05) is 39.8 Å². The average Bonchev–Trinajstić information content (AvgIpc) is 2.41. The summed E-state index contributed by atoms with van der Waals surface area (Å²) in [5.74, 6) is -0.132. The van der Waals surface area contributed by atoms with Crippen LogP contribution in [0.15, 0.2) is 18.2 Å². The summed E-state index contributed by atoms with van der Waals surface area (Å²) < 4.78 is 0. The highest BCUT2D eigenvalue weighted by Gasteiger charge is 2.31. The summed E-state index contributed by atoms with van der Waals surface area (Å²) in [4.78, 5) is 12.3. The van der Waals surface area contributed by atoms with E-state index < -0.39 is 11.6 Å². The number of hydrogen-bond acceptors (Lipinski definition) is 3. The van der Waals surface area contributed by atoms with Gasteiger partial charge in [-0.3, -0.25) is 4.79 Å². The van der Waals surface area contributed by atoms with Crippen LogP contribution in [0.25, 0.3) is 0 Å². The van der Waals surface area contributed by atoms with E-state index in [1.165, 1.54) is 5.56 Å². The fraction of sp³-hybridized carbons (Fsp3) is 0.529. The summed E-state index contributed by atoms with van der Waals surface area (Å²) in [5.41, 5.74) is 2.37. The predicted octanol–water partition coefficient (Wildman–Crippen LogP) is 3.16. The van der Waals surface area contributed by atoms with Gasteiger partial charge in [-0.2, -0.15) is 5.26 Å². The number of nitrogens with one attached hydrogen (secondary N) is 2. The van der Waals surface area contributed by atoms with Gasteiger partial charge in [0.25, 0.3) is 0 Å². The van der Waals surface area contributed by atoms with Crippen molar-refractivity contribution in [2.24, 2.45) is 5.92 Å². The SMILES string of the molecule is Cc1ccc(N[C@H](C)C(=O)N[C@@](C)(C#N)C(C)C)c(C)c1. The first kappa shape index (κ1) is 17.0. The number of nitrogens with zero attached hydrogens (tertiary/aromatic N) is 1. The van der Waals surface area contributed by atoms with Gasteiger partial charge in [0, 0.05) is 5.69 Å². The van der Waals surface area contributed by atoms with Crippen LogP contribution in [-0.2, 0) is 4.79 Å². The van der Waals surface area contributed by atoms with Gasteiger partial charge in [-0.25, -0.2) is 0 Å². The number of aryl methyl sites for hydroxylation is 2. The van der Waals surface area contributed by atoms with Crippen molar-refractivity contribution in [1.82, 2.24) is 5.32 Å². The molecule has 2 atom stereocenters. The zero-order valence-electron chi connectivity index (χ0n) is 13.7. The summed E-state index contributed by atoms with van der Waals surface area (Å²) in [5, 5.41) is 15.3. The molecule has 0 spiro atoms. The van der Waals surface area contributed by atoms with Crippen molar-refractivity contribution >= 4 is 11.6 Å². The van der Waals surface area contributed by atoms with Crippen molar-refractivity contribution in [3.05, 3.63) is 29.3 Å². The Morgan fingerprint density at radius 2 is 1.90 bits per heavy atom. The summed E-state index contributed by atoms with van der Waals surface area (Å²) in [6, 6.07) is 7.83. The molecule has 1 aromatic carbocycles. The molecule has 1 amide bonds. The number of rotatable bonds is 5. The lowest BCUT2D eigenvalue weighted by atomic mass is 9.90. The number of benzene rings is 1. The first-order chi connectivity index (χ1) is 9.69. The lowest BCUT2D eigenvalue weighted by Gasteiger charge is -2.29. The minimum Gasteiger partial charge on any atom is -0.374 e. The topological polar surface area (TPSA) is 64.9 Å². The van der Waals surface area contributed by atoms with E-state index in [2.05, 4.69) is 22.8 Å². The van der Waals surface area contributed by atoms with Crippen LogP contribution in [0.2, 0.25) is 0 Å². The number of carbonyl (C=O) groups excluding carboxylic acids is 1. The number of nitriles is 1.